The molecule has 1 unspecified atom stereocenters. The first kappa shape index (κ1) is 20.2. The number of benzene rings is 1. The van der Waals surface area contributed by atoms with Gasteiger partial charge in [-0.25, -0.2) is 0 Å². The van der Waals surface area contributed by atoms with E-state index in [0.29, 0.717) is 31.4 Å². The van der Waals surface area contributed by atoms with Gasteiger partial charge in [-0.1, -0.05) is 30.3 Å². The highest BCUT2D eigenvalue weighted by Gasteiger charge is 2.45. The third kappa shape index (κ3) is 4.11. The third-order valence-corrected chi connectivity index (χ3v) is 7.00. The van der Waals surface area contributed by atoms with Crippen molar-refractivity contribution in [1.29, 1.82) is 0 Å². The summed E-state index contributed by atoms with van der Waals surface area (Å²) < 4.78 is 6.27. The van der Waals surface area contributed by atoms with E-state index in [4.69, 9.17) is 4.74 Å². The second-order valence-electron chi connectivity index (χ2n) is 9.16. The Bertz CT molecular complexity index is 945. The number of nitrogens with one attached hydrogen (secondary N) is 1. The molecule has 1 spiro atoms. The lowest BCUT2D eigenvalue weighted by Gasteiger charge is -2.48. The second kappa shape index (κ2) is 8.11. The fourth-order valence-corrected chi connectivity index (χ4v) is 5.23. The Hall–Kier alpha value is -2.67. The van der Waals surface area contributed by atoms with E-state index in [1.165, 1.54) is 0 Å². The topological polar surface area (TPSA) is 78.5 Å². The number of nitrogens with zero attached hydrogens (tertiary/aromatic N) is 3. The molecule has 2 aromatic rings. The first-order chi connectivity index (χ1) is 15.0. The zero-order valence-electron chi connectivity index (χ0n) is 18.0. The summed E-state index contributed by atoms with van der Waals surface area (Å²) in [5.74, 6) is 0.172. The minimum absolute atomic E-state index is 0.0137. The van der Waals surface area contributed by atoms with Gasteiger partial charge in [0.15, 0.2) is 0 Å². The summed E-state index contributed by atoms with van der Waals surface area (Å²) in [5.41, 5.74) is 2.07. The van der Waals surface area contributed by atoms with Gasteiger partial charge in [-0.15, -0.1) is 0 Å². The van der Waals surface area contributed by atoms with E-state index in [1.807, 2.05) is 41.3 Å². The Morgan fingerprint density at radius 1 is 1.13 bits per heavy atom. The van der Waals surface area contributed by atoms with Crippen LogP contribution in [0.5, 0.6) is 0 Å². The lowest BCUT2D eigenvalue weighted by molar-refractivity contribution is -0.148. The molecule has 1 aromatic carbocycles. The molecular weight excluding hydrogens is 392 g/mol. The molecule has 3 heterocycles. The van der Waals surface area contributed by atoms with Crippen LogP contribution in [0.4, 0.5) is 0 Å². The van der Waals surface area contributed by atoms with Crippen molar-refractivity contribution in [2.45, 2.75) is 63.1 Å². The lowest BCUT2D eigenvalue weighted by Crippen LogP contribution is -2.55. The number of hydrogen-bond donors (Lipinski definition) is 1. The molecule has 1 atom stereocenters. The number of hydrogen-bond acceptors (Lipinski definition) is 4. The summed E-state index contributed by atoms with van der Waals surface area (Å²) in [6.45, 7) is 3.70. The number of likely N-dealkylation sites (tertiary alicyclic amines) is 1. The average molecular weight is 423 g/mol. The van der Waals surface area contributed by atoms with Gasteiger partial charge in [0.2, 0.25) is 5.91 Å². The number of carbonyl (C=O) groups is 2. The predicted molar refractivity (Wildman–Crippen MR) is 116 cm³/mol. The van der Waals surface area contributed by atoms with Crippen LogP contribution in [0, 0.1) is 0 Å². The highest BCUT2D eigenvalue weighted by atomic mass is 16.5. The van der Waals surface area contributed by atoms with Crippen LogP contribution in [0.3, 0.4) is 0 Å². The van der Waals surface area contributed by atoms with Crippen LogP contribution in [0.2, 0.25) is 0 Å². The highest BCUT2D eigenvalue weighted by molar-refractivity contribution is 5.93. The first-order valence-electron chi connectivity index (χ1n) is 11.4. The van der Waals surface area contributed by atoms with Gasteiger partial charge >= 0.3 is 0 Å². The summed E-state index contributed by atoms with van der Waals surface area (Å²) in [5, 5.41) is 7.23. The van der Waals surface area contributed by atoms with Gasteiger partial charge in [-0.05, 0) is 44.6 Å². The Morgan fingerprint density at radius 2 is 1.87 bits per heavy atom. The quantitative estimate of drug-likeness (QED) is 0.821. The summed E-state index contributed by atoms with van der Waals surface area (Å²) in [7, 11) is 0. The molecule has 2 aliphatic heterocycles. The van der Waals surface area contributed by atoms with Crippen LogP contribution in [-0.2, 0) is 9.53 Å². The van der Waals surface area contributed by atoms with Crippen molar-refractivity contribution in [2.75, 3.05) is 19.7 Å². The molecule has 1 N–H and O–H groups in total. The number of piperidine rings is 1. The zero-order valence-corrected chi connectivity index (χ0v) is 18.0. The number of rotatable bonds is 4. The summed E-state index contributed by atoms with van der Waals surface area (Å²) >= 11 is 0. The molecule has 0 bridgehead atoms. The van der Waals surface area contributed by atoms with E-state index in [0.717, 1.165) is 49.8 Å². The van der Waals surface area contributed by atoms with Crippen LogP contribution in [0.1, 0.15) is 55.9 Å². The van der Waals surface area contributed by atoms with E-state index in [-0.39, 0.29) is 23.5 Å². The minimum atomic E-state index is -0.217. The van der Waals surface area contributed by atoms with Crippen molar-refractivity contribution in [3.05, 3.63) is 42.1 Å². The number of aromatic nitrogens is 2. The average Bonchev–Trinajstić information content (AvgIpc) is 3.48. The predicted octanol–water partition coefficient (Wildman–Crippen LogP) is 3.24. The van der Waals surface area contributed by atoms with Crippen LogP contribution >= 0.6 is 0 Å². The Balaban J connectivity index is 1.22. The monoisotopic (exact) mass is 422 g/mol. The molecule has 31 heavy (non-hydrogen) atoms. The number of carbonyl (C=O) groups excluding carboxylic acids is 2. The molecule has 1 aliphatic carbocycles. The largest absolute Gasteiger partial charge is 0.375 e. The van der Waals surface area contributed by atoms with Gasteiger partial charge < -0.3 is 14.5 Å². The number of aromatic amines is 1. The van der Waals surface area contributed by atoms with E-state index in [1.54, 1.807) is 6.92 Å². The molecule has 1 saturated carbocycles. The molecule has 2 amide bonds. The van der Waals surface area contributed by atoms with E-state index < -0.39 is 0 Å². The number of amides is 2. The van der Waals surface area contributed by atoms with E-state index >= 15 is 0 Å². The molecule has 3 aliphatic rings. The molecule has 3 fully saturated rings. The molecule has 0 radical (unpaired) electrons. The minimum Gasteiger partial charge on any atom is -0.375 e. The maximum absolute atomic E-state index is 13.0. The fraction of sp³-hybridized carbons (Fsp3) is 0.542. The smallest absolute Gasteiger partial charge is 0.271 e. The maximum atomic E-state index is 13.0. The molecular formula is C24H30N4O3. The van der Waals surface area contributed by atoms with Gasteiger partial charge in [0.1, 0.15) is 5.69 Å². The van der Waals surface area contributed by atoms with Crippen LogP contribution in [0.15, 0.2) is 36.4 Å². The van der Waals surface area contributed by atoms with Crippen molar-refractivity contribution in [2.24, 2.45) is 0 Å². The van der Waals surface area contributed by atoms with Crippen molar-refractivity contribution < 1.29 is 14.3 Å². The van der Waals surface area contributed by atoms with Crippen molar-refractivity contribution in [3.8, 4) is 11.3 Å². The van der Waals surface area contributed by atoms with Gasteiger partial charge in [0.25, 0.3) is 5.91 Å². The van der Waals surface area contributed by atoms with Gasteiger partial charge in [-0.2, -0.15) is 5.10 Å². The van der Waals surface area contributed by atoms with Crippen LogP contribution in [-0.4, -0.2) is 69.2 Å². The Kier molecular flexibility index (Phi) is 5.30. The number of ether oxygens (including phenoxy) is 1. The summed E-state index contributed by atoms with van der Waals surface area (Å²) in [6, 6.07) is 12.4. The normalized spacial score (nSPS) is 23.0. The van der Waals surface area contributed by atoms with Crippen molar-refractivity contribution in [3.63, 3.8) is 0 Å². The van der Waals surface area contributed by atoms with Crippen molar-refractivity contribution >= 4 is 11.8 Å². The highest BCUT2D eigenvalue weighted by Crippen LogP contribution is 2.40. The summed E-state index contributed by atoms with van der Waals surface area (Å²) in [6.07, 6.45) is 5.67. The maximum Gasteiger partial charge on any atom is 0.271 e. The van der Waals surface area contributed by atoms with E-state index in [9.17, 15) is 9.59 Å². The number of H-pyrrole nitrogens is 1. The van der Waals surface area contributed by atoms with Gasteiger partial charge in [0.05, 0.1) is 11.3 Å². The Labute approximate surface area is 182 Å². The molecule has 2 saturated heterocycles. The molecule has 7 heteroatoms. The van der Waals surface area contributed by atoms with Crippen molar-refractivity contribution in [1.82, 2.24) is 20.0 Å². The Morgan fingerprint density at radius 3 is 2.55 bits per heavy atom. The third-order valence-electron chi connectivity index (χ3n) is 7.00. The first-order valence-corrected chi connectivity index (χ1v) is 11.4. The molecule has 164 valence electrons. The standard InChI is InChI=1S/C24H30N4O3/c1-17(29)28(19-7-8-19)20-9-14-31-24(16-20)10-12-27(13-11-24)23(30)22-15-21(25-26-22)18-5-3-2-4-6-18/h2-6,15,19-20H,7-14,16H2,1H3,(H,25,26). The second-order valence-corrected chi connectivity index (χ2v) is 9.16. The van der Waals surface area contributed by atoms with E-state index in [2.05, 4.69) is 15.1 Å². The molecule has 1 aromatic heterocycles. The zero-order chi connectivity index (χ0) is 21.4. The van der Waals surface area contributed by atoms with Gasteiger partial charge in [-0.3, -0.25) is 14.7 Å². The SMILES string of the molecule is CC(=O)N(C1CC1)C1CCOC2(CCN(C(=O)c3cc(-c4ccccc4)n[nH]3)CC2)C1. The van der Waals surface area contributed by atoms with Crippen LogP contribution in [0.25, 0.3) is 11.3 Å². The lowest BCUT2D eigenvalue weighted by atomic mass is 9.81. The van der Waals surface area contributed by atoms with Gasteiger partial charge in [0, 0.05) is 44.3 Å². The molecule has 5 rings (SSSR count). The molecule has 7 nitrogen and oxygen atoms in total. The fourth-order valence-electron chi connectivity index (χ4n) is 5.23. The summed E-state index contributed by atoms with van der Waals surface area (Å²) in [4.78, 5) is 29.3. The van der Waals surface area contributed by atoms with Crippen LogP contribution < -0.4 is 0 Å².